The SMILES string of the molecule is CC(C)CCN(CCO)C(=O)N[C@@H](CCCCC(=O)NOC(C)(C)C)C(=O)O. The fourth-order valence-electron chi connectivity index (χ4n) is 2.24. The molecule has 0 saturated carbocycles. The van der Waals surface area contributed by atoms with Gasteiger partial charge >= 0.3 is 12.0 Å². The van der Waals surface area contributed by atoms with Gasteiger partial charge in [-0.3, -0.25) is 9.63 Å². The summed E-state index contributed by atoms with van der Waals surface area (Å²) in [5, 5.41) is 21.0. The Morgan fingerprint density at radius 2 is 1.71 bits per heavy atom. The molecule has 0 aromatic rings. The second kappa shape index (κ2) is 13.3. The molecule has 0 heterocycles. The zero-order chi connectivity index (χ0) is 21.7. The van der Waals surface area contributed by atoms with Gasteiger partial charge in [-0.15, -0.1) is 0 Å². The van der Waals surface area contributed by atoms with Gasteiger partial charge in [0, 0.05) is 19.5 Å². The fraction of sp³-hybridized carbons (Fsp3) is 0.842. The smallest absolute Gasteiger partial charge is 0.326 e. The number of nitrogens with zero attached hydrogens (tertiary/aromatic N) is 1. The summed E-state index contributed by atoms with van der Waals surface area (Å²) in [5.41, 5.74) is 1.88. The number of carbonyl (C=O) groups is 3. The van der Waals surface area contributed by atoms with E-state index >= 15 is 0 Å². The third-order valence-corrected chi connectivity index (χ3v) is 3.85. The van der Waals surface area contributed by atoms with Crippen LogP contribution in [0.1, 0.15) is 66.7 Å². The maximum atomic E-state index is 12.3. The Morgan fingerprint density at radius 1 is 1.07 bits per heavy atom. The quantitative estimate of drug-likeness (QED) is 0.275. The maximum absolute atomic E-state index is 12.3. The summed E-state index contributed by atoms with van der Waals surface area (Å²) in [6, 6.07) is -1.54. The molecule has 0 aliphatic heterocycles. The van der Waals surface area contributed by atoms with Gasteiger partial charge in [-0.05, 0) is 46.0 Å². The van der Waals surface area contributed by atoms with Crippen LogP contribution in [-0.4, -0.2) is 64.4 Å². The average Bonchev–Trinajstić information content (AvgIpc) is 2.58. The molecule has 0 saturated heterocycles. The fourth-order valence-corrected chi connectivity index (χ4v) is 2.24. The van der Waals surface area contributed by atoms with E-state index in [-0.39, 0.29) is 31.9 Å². The van der Waals surface area contributed by atoms with E-state index < -0.39 is 23.6 Å². The summed E-state index contributed by atoms with van der Waals surface area (Å²) in [7, 11) is 0. The van der Waals surface area contributed by atoms with Gasteiger partial charge in [0.1, 0.15) is 6.04 Å². The van der Waals surface area contributed by atoms with Crippen molar-refractivity contribution in [1.82, 2.24) is 15.7 Å². The number of aliphatic carboxylic acids is 1. The van der Waals surface area contributed by atoms with Gasteiger partial charge in [0.15, 0.2) is 0 Å². The minimum absolute atomic E-state index is 0.152. The molecule has 0 unspecified atom stereocenters. The standard InChI is InChI=1S/C19H37N3O6/c1-14(2)10-11-22(12-13-23)18(27)20-15(17(25)26)8-6-7-9-16(24)21-28-19(3,4)5/h14-15,23H,6-13H2,1-5H3,(H,20,27)(H,21,24)(H,25,26)/t15-/m0/s1. The molecule has 0 rings (SSSR count). The number of carboxylic acid groups (broad SMARTS) is 1. The minimum atomic E-state index is -1.12. The van der Waals surface area contributed by atoms with Crippen molar-refractivity contribution < 1.29 is 29.4 Å². The number of hydroxylamine groups is 1. The number of aliphatic hydroxyl groups excluding tert-OH is 1. The molecule has 0 aromatic carbocycles. The highest BCUT2D eigenvalue weighted by Crippen LogP contribution is 2.08. The van der Waals surface area contributed by atoms with E-state index in [1.54, 1.807) is 0 Å². The van der Waals surface area contributed by atoms with E-state index in [9.17, 15) is 19.5 Å². The molecule has 0 aliphatic rings. The number of urea groups is 1. The number of carbonyl (C=O) groups excluding carboxylic acids is 2. The van der Waals surface area contributed by atoms with Gasteiger partial charge in [0.05, 0.1) is 12.2 Å². The topological polar surface area (TPSA) is 128 Å². The molecule has 9 heteroatoms. The maximum Gasteiger partial charge on any atom is 0.326 e. The average molecular weight is 404 g/mol. The molecule has 164 valence electrons. The number of amides is 3. The van der Waals surface area contributed by atoms with Crippen LogP contribution in [0.5, 0.6) is 0 Å². The third-order valence-electron chi connectivity index (χ3n) is 3.85. The zero-order valence-electron chi connectivity index (χ0n) is 17.8. The Hall–Kier alpha value is -1.87. The lowest BCUT2D eigenvalue weighted by atomic mass is 10.1. The van der Waals surface area contributed by atoms with E-state index in [2.05, 4.69) is 10.8 Å². The minimum Gasteiger partial charge on any atom is -0.480 e. The van der Waals surface area contributed by atoms with E-state index in [1.807, 2.05) is 34.6 Å². The number of unbranched alkanes of at least 4 members (excludes halogenated alkanes) is 1. The summed E-state index contributed by atoms with van der Waals surface area (Å²) in [6.07, 6.45) is 2.13. The molecule has 0 bridgehead atoms. The van der Waals surface area contributed by atoms with Crippen molar-refractivity contribution in [2.75, 3.05) is 19.7 Å². The Balaban J connectivity index is 4.41. The van der Waals surface area contributed by atoms with Crippen LogP contribution >= 0.6 is 0 Å². The highest BCUT2D eigenvalue weighted by Gasteiger charge is 2.23. The normalized spacial score (nSPS) is 12.5. The predicted molar refractivity (Wildman–Crippen MR) is 106 cm³/mol. The van der Waals surface area contributed by atoms with Gasteiger partial charge in [0.2, 0.25) is 5.91 Å². The van der Waals surface area contributed by atoms with Crippen molar-refractivity contribution in [2.45, 2.75) is 78.4 Å². The van der Waals surface area contributed by atoms with Crippen LogP contribution < -0.4 is 10.8 Å². The van der Waals surface area contributed by atoms with Crippen LogP contribution in [0.4, 0.5) is 4.79 Å². The van der Waals surface area contributed by atoms with E-state index in [1.165, 1.54) is 4.90 Å². The largest absolute Gasteiger partial charge is 0.480 e. The third kappa shape index (κ3) is 13.3. The molecule has 28 heavy (non-hydrogen) atoms. The van der Waals surface area contributed by atoms with E-state index in [4.69, 9.17) is 9.94 Å². The predicted octanol–water partition coefficient (Wildman–Crippen LogP) is 1.90. The first kappa shape index (κ1) is 26.1. The number of rotatable bonds is 13. The molecule has 0 spiro atoms. The first-order chi connectivity index (χ1) is 13.0. The summed E-state index contributed by atoms with van der Waals surface area (Å²) in [5.74, 6) is -1.01. The van der Waals surface area contributed by atoms with Gasteiger partial charge in [0.25, 0.3) is 0 Å². The molecule has 1 atom stereocenters. The van der Waals surface area contributed by atoms with Crippen molar-refractivity contribution >= 4 is 17.9 Å². The molecule has 4 N–H and O–H groups in total. The van der Waals surface area contributed by atoms with Gasteiger partial charge < -0.3 is 20.4 Å². The first-order valence-corrected chi connectivity index (χ1v) is 9.82. The molecule has 0 radical (unpaired) electrons. The number of hydrogen-bond donors (Lipinski definition) is 4. The molecule has 0 aliphatic carbocycles. The van der Waals surface area contributed by atoms with Crippen molar-refractivity contribution in [3.05, 3.63) is 0 Å². The number of hydrogen-bond acceptors (Lipinski definition) is 5. The Labute approximate surface area is 167 Å². The highest BCUT2D eigenvalue weighted by molar-refractivity contribution is 5.82. The molecular weight excluding hydrogens is 366 g/mol. The van der Waals surface area contributed by atoms with Crippen molar-refractivity contribution in [2.24, 2.45) is 5.92 Å². The lowest BCUT2D eigenvalue weighted by molar-refractivity contribution is -0.145. The van der Waals surface area contributed by atoms with Crippen LogP contribution in [0.15, 0.2) is 0 Å². The van der Waals surface area contributed by atoms with E-state index in [0.717, 1.165) is 6.42 Å². The second-order valence-electron chi connectivity index (χ2n) is 8.22. The Bertz CT molecular complexity index is 491. The number of carboxylic acids is 1. The summed E-state index contributed by atoms with van der Waals surface area (Å²) >= 11 is 0. The molecule has 9 nitrogen and oxygen atoms in total. The van der Waals surface area contributed by atoms with Gasteiger partial charge in [-0.25, -0.2) is 15.1 Å². The lowest BCUT2D eigenvalue weighted by Gasteiger charge is -2.25. The highest BCUT2D eigenvalue weighted by atomic mass is 16.7. The van der Waals surface area contributed by atoms with Crippen molar-refractivity contribution in [3.8, 4) is 0 Å². The van der Waals surface area contributed by atoms with Crippen molar-refractivity contribution in [1.29, 1.82) is 0 Å². The number of nitrogens with one attached hydrogen (secondary N) is 2. The zero-order valence-corrected chi connectivity index (χ0v) is 17.8. The number of aliphatic hydroxyl groups is 1. The first-order valence-electron chi connectivity index (χ1n) is 9.82. The van der Waals surface area contributed by atoms with Crippen LogP contribution in [0.2, 0.25) is 0 Å². The molecule has 0 aromatic heterocycles. The van der Waals surface area contributed by atoms with Crippen LogP contribution in [0.25, 0.3) is 0 Å². The lowest BCUT2D eigenvalue weighted by Crippen LogP contribution is -2.49. The van der Waals surface area contributed by atoms with Crippen LogP contribution in [0, 0.1) is 5.92 Å². The monoisotopic (exact) mass is 403 g/mol. The van der Waals surface area contributed by atoms with Gasteiger partial charge in [-0.1, -0.05) is 20.3 Å². The summed E-state index contributed by atoms with van der Waals surface area (Å²) in [4.78, 5) is 42.1. The molecule has 3 amide bonds. The van der Waals surface area contributed by atoms with E-state index in [0.29, 0.717) is 25.3 Å². The van der Waals surface area contributed by atoms with Crippen LogP contribution in [0.3, 0.4) is 0 Å². The van der Waals surface area contributed by atoms with Crippen molar-refractivity contribution in [3.63, 3.8) is 0 Å². The Morgan fingerprint density at radius 3 is 2.21 bits per heavy atom. The van der Waals surface area contributed by atoms with Gasteiger partial charge in [-0.2, -0.15) is 0 Å². The second-order valence-corrected chi connectivity index (χ2v) is 8.22. The Kier molecular flexibility index (Phi) is 12.4. The molecular formula is C19H37N3O6. The summed E-state index contributed by atoms with van der Waals surface area (Å²) < 4.78 is 0. The molecule has 0 fully saturated rings. The summed E-state index contributed by atoms with van der Waals surface area (Å²) in [6.45, 7) is 9.91. The van der Waals surface area contributed by atoms with Crippen LogP contribution in [-0.2, 0) is 14.4 Å².